The monoisotopic (exact) mass is 431 g/mol. The third-order valence-electron chi connectivity index (χ3n) is 5.45. The van der Waals surface area contributed by atoms with Gasteiger partial charge in [0.25, 0.3) is 5.91 Å². The molecule has 7 nitrogen and oxygen atoms in total. The van der Waals surface area contributed by atoms with Crippen LogP contribution in [0.4, 0.5) is 5.69 Å². The topological polar surface area (TPSA) is 97.0 Å². The van der Waals surface area contributed by atoms with Crippen LogP contribution in [0.2, 0.25) is 0 Å². The second-order valence-corrected chi connectivity index (χ2v) is 7.28. The minimum atomic E-state index is -0.904. The maximum Gasteiger partial charge on any atom is 0.337 e. The van der Waals surface area contributed by atoms with E-state index in [1.807, 2.05) is 31.2 Å². The SMILES string of the molecule is CCc1ccc(C2C(C(=O)c3ccco3)=C(O)C(=O)N2c2cccc(C(=O)OC)c2)cc1. The lowest BCUT2D eigenvalue weighted by Gasteiger charge is -2.27. The molecule has 1 amide bonds. The summed E-state index contributed by atoms with van der Waals surface area (Å²) in [5.74, 6) is -2.53. The molecule has 32 heavy (non-hydrogen) atoms. The Balaban J connectivity index is 1.86. The predicted octanol–water partition coefficient (Wildman–Crippen LogP) is 4.41. The fourth-order valence-corrected chi connectivity index (χ4v) is 3.80. The Labute approximate surface area is 184 Å². The Kier molecular flexibility index (Phi) is 5.64. The number of aliphatic hydroxyl groups excluding tert-OH is 1. The van der Waals surface area contributed by atoms with E-state index in [0.717, 1.165) is 12.0 Å². The van der Waals surface area contributed by atoms with Gasteiger partial charge in [0.2, 0.25) is 5.78 Å². The highest BCUT2D eigenvalue weighted by Crippen LogP contribution is 2.42. The van der Waals surface area contributed by atoms with Crippen molar-refractivity contribution < 1.29 is 28.6 Å². The van der Waals surface area contributed by atoms with Crippen molar-refractivity contribution in [3.05, 3.63) is 101 Å². The number of esters is 1. The zero-order valence-corrected chi connectivity index (χ0v) is 17.6. The fraction of sp³-hybridized carbons (Fsp3) is 0.160. The molecule has 1 N–H and O–H groups in total. The van der Waals surface area contributed by atoms with Gasteiger partial charge in [0.1, 0.15) is 0 Å². The number of amides is 1. The Hall–Kier alpha value is -4.13. The number of hydrogen-bond donors (Lipinski definition) is 1. The van der Waals surface area contributed by atoms with E-state index in [0.29, 0.717) is 11.3 Å². The Bertz CT molecular complexity index is 1210. The van der Waals surface area contributed by atoms with Crippen molar-refractivity contribution in [3.63, 3.8) is 0 Å². The largest absolute Gasteiger partial charge is 0.503 e. The number of methoxy groups -OCH3 is 1. The number of benzene rings is 2. The molecule has 1 aliphatic heterocycles. The molecule has 1 unspecified atom stereocenters. The van der Waals surface area contributed by atoms with Crippen molar-refractivity contribution in [3.8, 4) is 0 Å². The lowest BCUT2D eigenvalue weighted by Crippen LogP contribution is -2.31. The van der Waals surface area contributed by atoms with Crippen LogP contribution in [0.3, 0.4) is 0 Å². The summed E-state index contributed by atoms with van der Waals surface area (Å²) in [6, 6.07) is 15.9. The van der Waals surface area contributed by atoms with Gasteiger partial charge >= 0.3 is 5.97 Å². The first kappa shape index (κ1) is 21.1. The average Bonchev–Trinajstić information content (AvgIpc) is 3.46. The van der Waals surface area contributed by atoms with E-state index in [9.17, 15) is 19.5 Å². The highest BCUT2D eigenvalue weighted by molar-refractivity contribution is 6.20. The summed E-state index contributed by atoms with van der Waals surface area (Å²) in [6.45, 7) is 2.02. The number of hydrogen-bond acceptors (Lipinski definition) is 6. The number of aliphatic hydroxyl groups is 1. The molecule has 0 spiro atoms. The average molecular weight is 431 g/mol. The number of carbonyl (C=O) groups excluding carboxylic acids is 3. The van der Waals surface area contributed by atoms with Crippen molar-refractivity contribution >= 4 is 23.3 Å². The number of furan rings is 1. The smallest absolute Gasteiger partial charge is 0.337 e. The zero-order chi connectivity index (χ0) is 22.8. The lowest BCUT2D eigenvalue weighted by molar-refractivity contribution is -0.117. The Morgan fingerprint density at radius 3 is 2.47 bits per heavy atom. The summed E-state index contributed by atoms with van der Waals surface area (Å²) in [7, 11) is 1.27. The van der Waals surface area contributed by atoms with Crippen LogP contribution < -0.4 is 4.90 Å². The molecule has 2 aromatic carbocycles. The fourth-order valence-electron chi connectivity index (χ4n) is 3.80. The van der Waals surface area contributed by atoms with E-state index in [1.54, 1.807) is 24.3 Å². The molecular formula is C25H21NO6. The Morgan fingerprint density at radius 2 is 1.84 bits per heavy atom. The first-order valence-corrected chi connectivity index (χ1v) is 10.1. The second kappa shape index (κ2) is 8.55. The highest BCUT2D eigenvalue weighted by atomic mass is 16.5. The van der Waals surface area contributed by atoms with E-state index in [-0.39, 0.29) is 16.9 Å². The first-order chi connectivity index (χ1) is 15.5. The molecule has 1 aromatic heterocycles. The summed E-state index contributed by atoms with van der Waals surface area (Å²) >= 11 is 0. The van der Waals surface area contributed by atoms with Gasteiger partial charge in [0.05, 0.1) is 30.6 Å². The molecule has 0 fully saturated rings. The van der Waals surface area contributed by atoms with Gasteiger partial charge in [-0.2, -0.15) is 0 Å². The minimum Gasteiger partial charge on any atom is -0.503 e. The molecule has 0 bridgehead atoms. The van der Waals surface area contributed by atoms with Crippen molar-refractivity contribution in [1.29, 1.82) is 0 Å². The van der Waals surface area contributed by atoms with Crippen LogP contribution in [0.1, 0.15) is 45.0 Å². The number of ether oxygens (including phenoxy) is 1. The summed E-state index contributed by atoms with van der Waals surface area (Å²) < 4.78 is 10.0. The van der Waals surface area contributed by atoms with Gasteiger partial charge in [-0.3, -0.25) is 14.5 Å². The molecule has 0 aliphatic carbocycles. The number of ketones is 1. The molecule has 2 heterocycles. The first-order valence-electron chi connectivity index (χ1n) is 10.1. The molecule has 4 rings (SSSR count). The van der Waals surface area contributed by atoms with Crippen LogP contribution in [-0.4, -0.2) is 29.9 Å². The highest BCUT2D eigenvalue weighted by Gasteiger charge is 2.45. The van der Waals surface area contributed by atoms with E-state index in [1.165, 1.54) is 30.4 Å². The van der Waals surface area contributed by atoms with Gasteiger partial charge in [-0.1, -0.05) is 37.3 Å². The summed E-state index contributed by atoms with van der Waals surface area (Å²) in [4.78, 5) is 39.7. The summed E-state index contributed by atoms with van der Waals surface area (Å²) in [5, 5.41) is 10.7. The molecular weight excluding hydrogens is 410 g/mol. The Morgan fingerprint density at radius 1 is 1.09 bits per heavy atom. The van der Waals surface area contributed by atoms with Crippen LogP contribution in [0.5, 0.6) is 0 Å². The maximum atomic E-state index is 13.2. The van der Waals surface area contributed by atoms with Crippen LogP contribution in [0, 0.1) is 0 Å². The third kappa shape index (κ3) is 3.58. The number of nitrogens with zero attached hydrogens (tertiary/aromatic N) is 1. The molecule has 3 aromatic rings. The predicted molar refractivity (Wildman–Crippen MR) is 117 cm³/mol. The third-order valence-corrected chi connectivity index (χ3v) is 5.45. The van der Waals surface area contributed by atoms with Gasteiger partial charge in [-0.05, 0) is 47.9 Å². The molecule has 1 atom stereocenters. The minimum absolute atomic E-state index is 0.0136. The number of Topliss-reactive ketones (excluding diaryl/α,β-unsaturated/α-hetero) is 1. The van der Waals surface area contributed by atoms with Gasteiger partial charge in [0.15, 0.2) is 11.5 Å². The van der Waals surface area contributed by atoms with Crippen molar-refractivity contribution in [2.24, 2.45) is 0 Å². The molecule has 0 radical (unpaired) electrons. The van der Waals surface area contributed by atoms with Crippen molar-refractivity contribution in [2.45, 2.75) is 19.4 Å². The second-order valence-electron chi connectivity index (χ2n) is 7.28. The molecule has 0 saturated carbocycles. The van der Waals surface area contributed by atoms with Crippen molar-refractivity contribution in [1.82, 2.24) is 0 Å². The van der Waals surface area contributed by atoms with Gasteiger partial charge in [-0.15, -0.1) is 0 Å². The number of carbonyl (C=O) groups is 3. The van der Waals surface area contributed by atoms with E-state index in [4.69, 9.17) is 9.15 Å². The number of aryl methyl sites for hydroxylation is 1. The number of rotatable bonds is 6. The zero-order valence-electron chi connectivity index (χ0n) is 17.6. The lowest BCUT2D eigenvalue weighted by atomic mass is 9.94. The summed E-state index contributed by atoms with van der Waals surface area (Å²) in [6.07, 6.45) is 2.18. The van der Waals surface area contributed by atoms with Crippen LogP contribution >= 0.6 is 0 Å². The van der Waals surface area contributed by atoms with Crippen molar-refractivity contribution in [2.75, 3.05) is 12.0 Å². The van der Waals surface area contributed by atoms with Gasteiger partial charge < -0.3 is 14.3 Å². The van der Waals surface area contributed by atoms with Gasteiger partial charge in [-0.25, -0.2) is 4.79 Å². The standard InChI is InChI=1S/C25H21NO6/c1-3-15-9-11-16(12-10-15)21-20(22(27)19-8-5-13-32-19)23(28)24(29)26(21)18-7-4-6-17(14-18)25(30)31-2/h4-14,21,28H,3H2,1-2H3. The van der Waals surface area contributed by atoms with E-state index in [2.05, 4.69) is 0 Å². The summed E-state index contributed by atoms with van der Waals surface area (Å²) in [5.41, 5.74) is 2.22. The quantitative estimate of drug-likeness (QED) is 0.459. The van der Waals surface area contributed by atoms with Gasteiger partial charge in [0, 0.05) is 5.69 Å². The van der Waals surface area contributed by atoms with Crippen LogP contribution in [-0.2, 0) is 16.0 Å². The molecule has 0 saturated heterocycles. The maximum absolute atomic E-state index is 13.2. The van der Waals surface area contributed by atoms with Crippen LogP contribution in [0.25, 0.3) is 0 Å². The van der Waals surface area contributed by atoms with Crippen LogP contribution in [0.15, 0.2) is 82.7 Å². The molecule has 162 valence electrons. The normalized spacial score (nSPS) is 15.9. The number of anilines is 1. The molecule has 7 heteroatoms. The van der Waals surface area contributed by atoms with E-state index >= 15 is 0 Å². The van der Waals surface area contributed by atoms with E-state index < -0.39 is 29.5 Å². The molecule has 1 aliphatic rings.